The molecule has 1 aliphatic carbocycles. The Kier molecular flexibility index (Phi) is 4.79. The first-order valence-corrected chi connectivity index (χ1v) is 8.30. The van der Waals surface area contributed by atoms with E-state index in [1.165, 1.54) is 11.6 Å². The molecule has 0 aliphatic heterocycles. The number of ether oxygens (including phenoxy) is 1. The van der Waals surface area contributed by atoms with Crippen molar-refractivity contribution >= 4 is 28.4 Å². The van der Waals surface area contributed by atoms with Crippen LogP contribution in [0.25, 0.3) is 16.5 Å². The van der Waals surface area contributed by atoms with Crippen molar-refractivity contribution in [3.8, 4) is 5.75 Å². The molecule has 25 heavy (non-hydrogen) atoms. The van der Waals surface area contributed by atoms with Crippen molar-refractivity contribution in [1.29, 1.82) is 0 Å². The van der Waals surface area contributed by atoms with Crippen molar-refractivity contribution in [2.45, 2.75) is 32.6 Å². The van der Waals surface area contributed by atoms with Crippen LogP contribution in [-0.4, -0.2) is 30.6 Å². The molecule has 0 atom stereocenters. The number of hydrogen-bond donors (Lipinski definition) is 2. The Labute approximate surface area is 145 Å². The van der Waals surface area contributed by atoms with E-state index < -0.39 is 18.4 Å². The number of carboxylic acids is 1. The largest absolute Gasteiger partial charge is 0.496 e. The van der Waals surface area contributed by atoms with E-state index in [0.717, 1.165) is 48.0 Å². The lowest BCUT2D eigenvalue weighted by molar-refractivity contribution is -0.137. The average molecular weight is 343 g/mol. The van der Waals surface area contributed by atoms with Gasteiger partial charge in [-0.05, 0) is 37.8 Å². The fraction of sp³-hybridized carbons (Fsp3) is 0.368. The summed E-state index contributed by atoms with van der Waals surface area (Å²) in [7, 11) is 1.57. The minimum Gasteiger partial charge on any atom is -0.496 e. The third-order valence-electron chi connectivity index (χ3n) is 4.46. The number of fused-ring (bicyclic) bond motifs is 3. The van der Waals surface area contributed by atoms with E-state index in [0.29, 0.717) is 11.3 Å². The molecule has 0 unspecified atom stereocenters. The zero-order chi connectivity index (χ0) is 18.0. The lowest BCUT2D eigenvalue weighted by Crippen LogP contribution is -2.27. The van der Waals surface area contributed by atoms with E-state index in [-0.39, 0.29) is 0 Å². The van der Waals surface area contributed by atoms with Gasteiger partial charge in [0.15, 0.2) is 0 Å². The number of carbonyl (C=O) groups is 2. The van der Waals surface area contributed by atoms with E-state index in [1.54, 1.807) is 14.0 Å². The van der Waals surface area contributed by atoms with Gasteiger partial charge in [0.1, 0.15) is 23.6 Å². The molecule has 0 fully saturated rings. The maximum absolute atomic E-state index is 11.9. The van der Waals surface area contributed by atoms with Crippen LogP contribution in [0.2, 0.25) is 0 Å². The Morgan fingerprint density at radius 2 is 2.08 bits per heavy atom. The number of hydrogen-bond acceptors (Lipinski definition) is 4. The van der Waals surface area contributed by atoms with Crippen LogP contribution >= 0.6 is 0 Å². The normalized spacial score (nSPS) is 14.2. The highest BCUT2D eigenvalue weighted by molar-refractivity contribution is 5.98. The van der Waals surface area contributed by atoms with Crippen LogP contribution in [0.3, 0.4) is 0 Å². The first kappa shape index (κ1) is 17.1. The molecular weight excluding hydrogens is 322 g/mol. The second-order valence-electron chi connectivity index (χ2n) is 6.20. The lowest BCUT2D eigenvalue weighted by atomic mass is 9.94. The molecule has 1 amide bonds. The number of aliphatic carboxylic acids is 1. The number of benzene rings is 1. The van der Waals surface area contributed by atoms with Crippen molar-refractivity contribution in [2.75, 3.05) is 13.7 Å². The van der Waals surface area contributed by atoms with Crippen LogP contribution in [0.15, 0.2) is 22.6 Å². The van der Waals surface area contributed by atoms with Gasteiger partial charge in [0.25, 0.3) is 0 Å². The average Bonchev–Trinajstić information content (AvgIpc) is 2.96. The van der Waals surface area contributed by atoms with Gasteiger partial charge in [-0.2, -0.15) is 0 Å². The zero-order valence-corrected chi connectivity index (χ0v) is 14.3. The Morgan fingerprint density at radius 1 is 1.32 bits per heavy atom. The van der Waals surface area contributed by atoms with Crippen LogP contribution in [0.4, 0.5) is 0 Å². The molecule has 6 nitrogen and oxygen atoms in total. The topological polar surface area (TPSA) is 88.8 Å². The molecule has 132 valence electrons. The van der Waals surface area contributed by atoms with Gasteiger partial charge in [-0.15, -0.1) is 0 Å². The number of aryl methyl sites for hydroxylation is 2. The Hall–Kier alpha value is -2.76. The first-order chi connectivity index (χ1) is 12.0. The fourth-order valence-corrected chi connectivity index (χ4v) is 3.25. The molecule has 0 saturated heterocycles. The molecule has 2 N–H and O–H groups in total. The number of furan rings is 1. The van der Waals surface area contributed by atoms with Gasteiger partial charge in [-0.1, -0.05) is 0 Å². The van der Waals surface area contributed by atoms with Crippen molar-refractivity contribution in [2.24, 2.45) is 0 Å². The van der Waals surface area contributed by atoms with Gasteiger partial charge >= 0.3 is 5.97 Å². The summed E-state index contributed by atoms with van der Waals surface area (Å²) in [5.74, 6) is 0.138. The van der Waals surface area contributed by atoms with E-state index in [9.17, 15) is 9.59 Å². The highest BCUT2D eigenvalue weighted by Crippen LogP contribution is 2.37. The molecule has 0 saturated carbocycles. The summed E-state index contributed by atoms with van der Waals surface area (Å²) >= 11 is 0. The highest BCUT2D eigenvalue weighted by Gasteiger charge is 2.20. The molecule has 2 aromatic rings. The predicted octanol–water partition coefficient (Wildman–Crippen LogP) is 2.92. The molecule has 6 heteroatoms. The van der Waals surface area contributed by atoms with Gasteiger partial charge in [-0.25, -0.2) is 0 Å². The molecule has 0 spiro atoms. The monoisotopic (exact) mass is 343 g/mol. The predicted molar refractivity (Wildman–Crippen MR) is 93.7 cm³/mol. The zero-order valence-electron chi connectivity index (χ0n) is 14.3. The summed E-state index contributed by atoms with van der Waals surface area (Å²) in [5, 5.41) is 12.0. The summed E-state index contributed by atoms with van der Waals surface area (Å²) in [6.45, 7) is 1.39. The van der Waals surface area contributed by atoms with Gasteiger partial charge < -0.3 is 19.6 Å². The number of carbonyl (C=O) groups excluding carboxylic acids is 1. The summed E-state index contributed by atoms with van der Waals surface area (Å²) < 4.78 is 11.4. The van der Waals surface area contributed by atoms with Gasteiger partial charge in [0.2, 0.25) is 5.91 Å². The molecule has 3 rings (SSSR count). The van der Waals surface area contributed by atoms with Gasteiger partial charge in [0, 0.05) is 35.1 Å². The van der Waals surface area contributed by atoms with Crippen LogP contribution in [0.5, 0.6) is 5.75 Å². The van der Waals surface area contributed by atoms with Crippen LogP contribution in [-0.2, 0) is 22.4 Å². The maximum atomic E-state index is 11.9. The van der Waals surface area contributed by atoms with Crippen LogP contribution in [0.1, 0.15) is 36.7 Å². The molecule has 1 heterocycles. The molecule has 1 aromatic heterocycles. The van der Waals surface area contributed by atoms with E-state index >= 15 is 0 Å². The van der Waals surface area contributed by atoms with Crippen LogP contribution < -0.4 is 10.1 Å². The summed E-state index contributed by atoms with van der Waals surface area (Å²) in [6.07, 6.45) is 5.62. The van der Waals surface area contributed by atoms with Crippen molar-refractivity contribution in [1.82, 2.24) is 5.32 Å². The van der Waals surface area contributed by atoms with E-state index in [4.69, 9.17) is 14.3 Å². The maximum Gasteiger partial charge on any atom is 0.322 e. The fourth-order valence-electron chi connectivity index (χ4n) is 3.25. The number of nitrogens with one attached hydrogen (secondary N) is 1. The van der Waals surface area contributed by atoms with Crippen LogP contribution in [0, 0.1) is 0 Å². The van der Waals surface area contributed by atoms with E-state index in [2.05, 4.69) is 5.32 Å². The third-order valence-corrected chi connectivity index (χ3v) is 4.46. The van der Waals surface area contributed by atoms with Crippen molar-refractivity contribution in [3.05, 3.63) is 35.1 Å². The molecule has 1 aromatic carbocycles. The Bertz CT molecular complexity index is 862. The Morgan fingerprint density at radius 3 is 2.80 bits per heavy atom. The second-order valence-corrected chi connectivity index (χ2v) is 6.20. The number of allylic oxidation sites excluding steroid dienone is 1. The second kappa shape index (κ2) is 7.01. The number of rotatable bonds is 5. The van der Waals surface area contributed by atoms with Gasteiger partial charge in [0.05, 0.1) is 7.11 Å². The molecule has 1 aliphatic rings. The standard InChI is InChI=1S/C19H21NO5/c1-11(7-18(21)20-10-19(22)23)13-8-14-12-5-3-4-6-15(12)25-17(14)9-16(13)24-2/h7-9H,3-6,10H2,1-2H3,(H,20,21)(H,22,23)/b11-7+. The highest BCUT2D eigenvalue weighted by atomic mass is 16.5. The lowest BCUT2D eigenvalue weighted by Gasteiger charge is -2.11. The molecule has 0 radical (unpaired) electrons. The van der Waals surface area contributed by atoms with Crippen molar-refractivity contribution < 1.29 is 23.8 Å². The smallest absolute Gasteiger partial charge is 0.322 e. The van der Waals surface area contributed by atoms with Gasteiger partial charge in [-0.3, -0.25) is 9.59 Å². The summed E-state index contributed by atoms with van der Waals surface area (Å²) in [5.41, 5.74) is 3.55. The quantitative estimate of drug-likeness (QED) is 0.815. The molecule has 0 bridgehead atoms. The SMILES string of the molecule is COc1cc2oc3c(c2cc1/C(C)=C/C(=O)NCC(=O)O)CCCC3. The van der Waals surface area contributed by atoms with E-state index in [1.807, 2.05) is 12.1 Å². The third kappa shape index (κ3) is 3.52. The first-order valence-electron chi connectivity index (χ1n) is 8.30. The minimum atomic E-state index is -1.08. The van der Waals surface area contributed by atoms with Crippen molar-refractivity contribution in [3.63, 3.8) is 0 Å². The number of methoxy groups -OCH3 is 1. The number of carboxylic acid groups (broad SMARTS) is 1. The molecular formula is C19H21NO5. The minimum absolute atomic E-state index is 0.409. The number of amides is 1. The summed E-state index contributed by atoms with van der Waals surface area (Å²) in [6, 6.07) is 3.85. The Balaban J connectivity index is 1.99. The summed E-state index contributed by atoms with van der Waals surface area (Å²) in [4.78, 5) is 22.4.